The zero-order valence-corrected chi connectivity index (χ0v) is 16.6. The largest absolute Gasteiger partial charge is 0.447 e. The molecule has 144 valence electrons. The molecular formula is C26H23NO2. The van der Waals surface area contributed by atoms with Gasteiger partial charge in [-0.25, -0.2) is 4.79 Å². The van der Waals surface area contributed by atoms with Crippen molar-refractivity contribution in [2.75, 3.05) is 6.61 Å². The number of allylic oxidation sites excluding steroid dienone is 1. The standard InChI is InChI=1S/C26H23NO2/c1-3-18(2)24-17-29-25(28)27(24)26(19-11-5-4-6-12-19)22-15-9-7-13-20(22)21-14-8-10-16-23(21)26/h3-16,24H,17H2,1-2H3/b18-3-. The Morgan fingerprint density at radius 3 is 2.07 bits per heavy atom. The zero-order valence-electron chi connectivity index (χ0n) is 16.6. The van der Waals surface area contributed by atoms with Gasteiger partial charge in [-0.2, -0.15) is 0 Å². The molecule has 3 aromatic rings. The van der Waals surface area contributed by atoms with Crippen LogP contribution in [0, 0.1) is 0 Å². The van der Waals surface area contributed by atoms with Gasteiger partial charge in [-0.1, -0.05) is 90.5 Å². The van der Waals surface area contributed by atoms with Crippen LogP contribution in [0.5, 0.6) is 0 Å². The minimum Gasteiger partial charge on any atom is -0.447 e. The van der Waals surface area contributed by atoms with E-state index in [0.717, 1.165) is 22.3 Å². The minimum absolute atomic E-state index is 0.119. The van der Waals surface area contributed by atoms with Crippen molar-refractivity contribution in [2.45, 2.75) is 25.4 Å². The molecular weight excluding hydrogens is 358 g/mol. The van der Waals surface area contributed by atoms with Gasteiger partial charge < -0.3 is 4.74 Å². The van der Waals surface area contributed by atoms with E-state index in [2.05, 4.69) is 73.7 Å². The molecule has 2 aliphatic rings. The molecule has 5 rings (SSSR count). The lowest BCUT2D eigenvalue weighted by Crippen LogP contribution is -2.51. The maximum Gasteiger partial charge on any atom is 0.411 e. The fourth-order valence-corrected chi connectivity index (χ4v) is 4.92. The Bertz CT molecular complexity index is 1070. The normalized spacial score (nSPS) is 19.7. The SMILES string of the molecule is C/C=C(/C)C1COC(=O)N1C1(c2ccccc2)c2ccccc2-c2ccccc21. The Morgan fingerprint density at radius 2 is 1.48 bits per heavy atom. The molecule has 29 heavy (non-hydrogen) atoms. The van der Waals surface area contributed by atoms with E-state index in [9.17, 15) is 4.79 Å². The number of nitrogens with zero attached hydrogens (tertiary/aromatic N) is 1. The summed E-state index contributed by atoms with van der Waals surface area (Å²) in [5.74, 6) is 0. The number of ether oxygens (including phenoxy) is 1. The summed E-state index contributed by atoms with van der Waals surface area (Å²) >= 11 is 0. The predicted octanol–water partition coefficient (Wildman–Crippen LogP) is 5.75. The van der Waals surface area contributed by atoms with Gasteiger partial charge in [0.05, 0.1) is 6.04 Å². The Morgan fingerprint density at radius 1 is 0.931 bits per heavy atom. The molecule has 1 amide bonds. The summed E-state index contributed by atoms with van der Waals surface area (Å²) in [5.41, 5.74) is 6.07. The van der Waals surface area contributed by atoms with Crippen molar-refractivity contribution < 1.29 is 9.53 Å². The summed E-state index contributed by atoms with van der Waals surface area (Å²) in [6.45, 7) is 4.46. The van der Waals surface area contributed by atoms with E-state index in [1.54, 1.807) is 0 Å². The lowest BCUT2D eigenvalue weighted by Gasteiger charge is -2.43. The molecule has 0 N–H and O–H groups in total. The first-order valence-electron chi connectivity index (χ1n) is 10.0. The number of cyclic esters (lactones) is 1. The van der Waals surface area contributed by atoms with Gasteiger partial charge in [0.2, 0.25) is 0 Å². The Labute approximate surface area is 171 Å². The number of hydrogen-bond donors (Lipinski definition) is 0. The van der Waals surface area contributed by atoms with Gasteiger partial charge >= 0.3 is 6.09 Å². The fourth-order valence-electron chi connectivity index (χ4n) is 4.92. The molecule has 0 radical (unpaired) electrons. The average molecular weight is 381 g/mol. The minimum atomic E-state index is -0.725. The lowest BCUT2D eigenvalue weighted by molar-refractivity contribution is 0.135. The number of rotatable bonds is 3. The molecule has 1 fully saturated rings. The lowest BCUT2D eigenvalue weighted by atomic mass is 9.78. The first kappa shape index (κ1) is 17.7. The Kier molecular flexibility index (Phi) is 4.06. The smallest absolute Gasteiger partial charge is 0.411 e. The van der Waals surface area contributed by atoms with E-state index in [1.165, 1.54) is 11.1 Å². The maximum absolute atomic E-state index is 13.3. The molecule has 0 bridgehead atoms. The second kappa shape index (κ2) is 6.63. The van der Waals surface area contributed by atoms with Crippen molar-refractivity contribution in [1.82, 2.24) is 4.90 Å². The van der Waals surface area contributed by atoms with Gasteiger partial charge in [0, 0.05) is 0 Å². The van der Waals surface area contributed by atoms with Gasteiger partial charge in [0.15, 0.2) is 0 Å². The fraction of sp³-hybridized carbons (Fsp3) is 0.192. The predicted molar refractivity (Wildman–Crippen MR) is 115 cm³/mol. The van der Waals surface area contributed by atoms with Gasteiger partial charge in [-0.3, -0.25) is 4.90 Å². The van der Waals surface area contributed by atoms with Crippen LogP contribution in [0.3, 0.4) is 0 Å². The van der Waals surface area contributed by atoms with Crippen LogP contribution in [-0.2, 0) is 10.3 Å². The molecule has 0 aromatic heterocycles. The molecule has 1 saturated heterocycles. The maximum atomic E-state index is 13.3. The number of hydrogen-bond acceptors (Lipinski definition) is 2. The Balaban J connectivity index is 1.91. The molecule has 1 atom stereocenters. The quantitative estimate of drug-likeness (QED) is 0.541. The summed E-state index contributed by atoms with van der Waals surface area (Å²) in [6.07, 6.45) is 1.80. The molecule has 1 heterocycles. The van der Waals surface area contributed by atoms with Crippen LogP contribution in [0.15, 0.2) is 90.5 Å². The summed E-state index contributed by atoms with van der Waals surface area (Å²) in [4.78, 5) is 15.2. The molecule has 0 spiro atoms. The summed E-state index contributed by atoms with van der Waals surface area (Å²) < 4.78 is 5.64. The first-order chi connectivity index (χ1) is 14.2. The second-order valence-electron chi connectivity index (χ2n) is 7.66. The molecule has 1 aliphatic carbocycles. The highest BCUT2D eigenvalue weighted by atomic mass is 16.6. The molecule has 3 heteroatoms. The third-order valence-corrected chi connectivity index (χ3v) is 6.33. The van der Waals surface area contributed by atoms with Crippen molar-refractivity contribution in [3.63, 3.8) is 0 Å². The highest BCUT2D eigenvalue weighted by molar-refractivity contribution is 5.87. The van der Waals surface area contributed by atoms with E-state index >= 15 is 0 Å². The zero-order chi connectivity index (χ0) is 20.0. The van der Waals surface area contributed by atoms with E-state index < -0.39 is 5.54 Å². The average Bonchev–Trinajstić information content (AvgIpc) is 3.30. The van der Waals surface area contributed by atoms with Crippen LogP contribution in [0.1, 0.15) is 30.5 Å². The van der Waals surface area contributed by atoms with E-state index in [0.29, 0.717) is 6.61 Å². The number of amides is 1. The van der Waals surface area contributed by atoms with E-state index in [1.807, 2.05) is 30.0 Å². The third kappa shape index (κ3) is 2.34. The topological polar surface area (TPSA) is 29.5 Å². The summed E-state index contributed by atoms with van der Waals surface area (Å²) in [5, 5.41) is 0. The molecule has 1 aliphatic heterocycles. The highest BCUT2D eigenvalue weighted by Gasteiger charge is 2.55. The van der Waals surface area contributed by atoms with Crippen molar-refractivity contribution in [3.05, 3.63) is 107 Å². The van der Waals surface area contributed by atoms with Crippen LogP contribution in [0.25, 0.3) is 11.1 Å². The van der Waals surface area contributed by atoms with E-state index in [4.69, 9.17) is 4.74 Å². The Hall–Kier alpha value is -3.33. The van der Waals surface area contributed by atoms with Crippen LogP contribution in [0.2, 0.25) is 0 Å². The molecule has 3 nitrogen and oxygen atoms in total. The van der Waals surface area contributed by atoms with Crippen molar-refractivity contribution in [2.24, 2.45) is 0 Å². The summed E-state index contributed by atoms with van der Waals surface area (Å²) in [7, 11) is 0. The van der Waals surface area contributed by atoms with Crippen LogP contribution in [0.4, 0.5) is 4.79 Å². The molecule has 0 saturated carbocycles. The number of benzene rings is 3. The van der Waals surface area contributed by atoms with Crippen LogP contribution < -0.4 is 0 Å². The first-order valence-corrected chi connectivity index (χ1v) is 10.0. The number of fused-ring (bicyclic) bond motifs is 3. The highest BCUT2D eigenvalue weighted by Crippen LogP contribution is 2.56. The van der Waals surface area contributed by atoms with Crippen molar-refractivity contribution in [1.29, 1.82) is 0 Å². The van der Waals surface area contributed by atoms with Crippen LogP contribution >= 0.6 is 0 Å². The monoisotopic (exact) mass is 381 g/mol. The van der Waals surface area contributed by atoms with Crippen molar-refractivity contribution >= 4 is 6.09 Å². The second-order valence-corrected chi connectivity index (χ2v) is 7.66. The van der Waals surface area contributed by atoms with Gasteiger partial charge in [-0.15, -0.1) is 0 Å². The van der Waals surface area contributed by atoms with Gasteiger partial charge in [0.1, 0.15) is 12.1 Å². The molecule has 1 unspecified atom stereocenters. The number of carbonyl (C=O) groups is 1. The van der Waals surface area contributed by atoms with Gasteiger partial charge in [0.25, 0.3) is 0 Å². The van der Waals surface area contributed by atoms with Crippen molar-refractivity contribution in [3.8, 4) is 11.1 Å². The molecule has 3 aromatic carbocycles. The van der Waals surface area contributed by atoms with Crippen LogP contribution in [-0.4, -0.2) is 23.6 Å². The number of carbonyl (C=O) groups excluding carboxylic acids is 1. The summed E-state index contributed by atoms with van der Waals surface area (Å²) in [6, 6.07) is 27.1. The van der Waals surface area contributed by atoms with Gasteiger partial charge in [-0.05, 0) is 41.7 Å². The van der Waals surface area contributed by atoms with E-state index in [-0.39, 0.29) is 12.1 Å². The third-order valence-electron chi connectivity index (χ3n) is 6.33.